The SMILES string of the molecule is CC(C)(C)C(CCC1OO1)C(C)(C)C. The molecule has 0 atom stereocenters. The standard InChI is InChI=1S/C12H24O2/c1-11(2,3)9(12(4,5)6)7-8-10-13-14-10/h9-10H,7-8H2,1-6H3. The van der Waals surface area contributed by atoms with Gasteiger partial charge in [-0.2, -0.15) is 9.78 Å². The lowest BCUT2D eigenvalue weighted by Crippen LogP contribution is -2.32. The Morgan fingerprint density at radius 3 is 1.64 bits per heavy atom. The molecule has 1 rings (SSSR count). The van der Waals surface area contributed by atoms with Crippen molar-refractivity contribution in [3.63, 3.8) is 0 Å². The molecule has 0 aromatic heterocycles. The van der Waals surface area contributed by atoms with Gasteiger partial charge in [0.25, 0.3) is 0 Å². The molecule has 1 aliphatic rings. The molecule has 0 aromatic rings. The number of rotatable bonds is 3. The van der Waals surface area contributed by atoms with Crippen LogP contribution in [0.25, 0.3) is 0 Å². The maximum absolute atomic E-state index is 4.78. The molecular formula is C12H24O2. The fourth-order valence-electron chi connectivity index (χ4n) is 2.60. The molecule has 0 radical (unpaired) electrons. The summed E-state index contributed by atoms with van der Waals surface area (Å²) in [6, 6.07) is 0. The van der Waals surface area contributed by atoms with Crippen LogP contribution in [0.1, 0.15) is 54.4 Å². The summed E-state index contributed by atoms with van der Waals surface area (Å²) in [6.45, 7) is 13.9. The molecule has 2 nitrogen and oxygen atoms in total. The highest BCUT2D eigenvalue weighted by atomic mass is 17.4. The Kier molecular flexibility index (Phi) is 3.27. The quantitative estimate of drug-likeness (QED) is 0.512. The van der Waals surface area contributed by atoms with Crippen molar-refractivity contribution in [1.82, 2.24) is 0 Å². The Balaban J connectivity index is 2.51. The fourth-order valence-corrected chi connectivity index (χ4v) is 2.60. The normalized spacial score (nSPS) is 19.1. The van der Waals surface area contributed by atoms with Crippen LogP contribution >= 0.6 is 0 Å². The zero-order chi connectivity index (χ0) is 11.0. The minimum atomic E-state index is 0.0854. The Bertz CT molecular complexity index is 167. The molecule has 0 N–H and O–H groups in total. The van der Waals surface area contributed by atoms with E-state index in [0.29, 0.717) is 16.7 Å². The molecule has 0 bridgehead atoms. The first-order chi connectivity index (χ1) is 6.21. The van der Waals surface area contributed by atoms with Gasteiger partial charge in [-0.25, -0.2) is 0 Å². The highest BCUT2D eigenvalue weighted by molar-refractivity contribution is 4.84. The predicted octanol–water partition coefficient (Wildman–Crippen LogP) is 3.76. The molecule has 2 heteroatoms. The molecule has 0 aromatic carbocycles. The highest BCUT2D eigenvalue weighted by Crippen LogP contribution is 2.43. The van der Waals surface area contributed by atoms with Gasteiger partial charge in [-0.1, -0.05) is 41.5 Å². The minimum Gasteiger partial charge on any atom is -0.199 e. The van der Waals surface area contributed by atoms with Crippen LogP contribution < -0.4 is 0 Å². The van der Waals surface area contributed by atoms with Crippen molar-refractivity contribution in [2.24, 2.45) is 16.7 Å². The summed E-state index contributed by atoms with van der Waals surface area (Å²) in [6.07, 6.45) is 2.29. The van der Waals surface area contributed by atoms with Gasteiger partial charge in [0.1, 0.15) is 0 Å². The molecule has 84 valence electrons. The van der Waals surface area contributed by atoms with E-state index in [0.717, 1.165) is 6.42 Å². The van der Waals surface area contributed by atoms with Crippen molar-refractivity contribution in [2.75, 3.05) is 0 Å². The van der Waals surface area contributed by atoms with E-state index in [-0.39, 0.29) is 6.29 Å². The maximum Gasteiger partial charge on any atom is 0.224 e. The van der Waals surface area contributed by atoms with Gasteiger partial charge in [0, 0.05) is 6.42 Å². The van der Waals surface area contributed by atoms with Crippen LogP contribution in [0.15, 0.2) is 0 Å². The fraction of sp³-hybridized carbons (Fsp3) is 1.00. The van der Waals surface area contributed by atoms with Gasteiger partial charge >= 0.3 is 0 Å². The first-order valence-electron chi connectivity index (χ1n) is 5.53. The van der Waals surface area contributed by atoms with Gasteiger partial charge in [0.05, 0.1) is 0 Å². The van der Waals surface area contributed by atoms with Gasteiger partial charge < -0.3 is 0 Å². The van der Waals surface area contributed by atoms with Crippen LogP contribution in [0.2, 0.25) is 0 Å². The monoisotopic (exact) mass is 200 g/mol. The molecule has 1 fully saturated rings. The van der Waals surface area contributed by atoms with Crippen molar-refractivity contribution >= 4 is 0 Å². The molecule has 1 saturated heterocycles. The maximum atomic E-state index is 4.78. The van der Waals surface area contributed by atoms with Crippen molar-refractivity contribution in [2.45, 2.75) is 60.7 Å². The van der Waals surface area contributed by atoms with Crippen LogP contribution in [0.5, 0.6) is 0 Å². The van der Waals surface area contributed by atoms with E-state index in [2.05, 4.69) is 41.5 Å². The summed E-state index contributed by atoms with van der Waals surface area (Å²) in [5.74, 6) is 0.697. The average molecular weight is 200 g/mol. The molecular weight excluding hydrogens is 176 g/mol. The van der Waals surface area contributed by atoms with Crippen molar-refractivity contribution in [3.05, 3.63) is 0 Å². The molecule has 1 aliphatic heterocycles. The van der Waals surface area contributed by atoms with E-state index >= 15 is 0 Å². The van der Waals surface area contributed by atoms with Crippen LogP contribution in [0.4, 0.5) is 0 Å². The molecule has 0 spiro atoms. The Morgan fingerprint density at radius 1 is 0.929 bits per heavy atom. The summed E-state index contributed by atoms with van der Waals surface area (Å²) >= 11 is 0. The molecule has 1 heterocycles. The third kappa shape index (κ3) is 3.58. The van der Waals surface area contributed by atoms with Gasteiger partial charge in [0.2, 0.25) is 6.29 Å². The zero-order valence-electron chi connectivity index (χ0n) is 10.4. The molecule has 0 aliphatic carbocycles. The largest absolute Gasteiger partial charge is 0.224 e. The Labute approximate surface area is 87.9 Å². The predicted molar refractivity (Wildman–Crippen MR) is 57.6 cm³/mol. The lowest BCUT2D eigenvalue weighted by Gasteiger charge is -2.40. The van der Waals surface area contributed by atoms with Gasteiger partial charge in [-0.05, 0) is 23.2 Å². The third-order valence-electron chi connectivity index (χ3n) is 3.01. The molecule has 14 heavy (non-hydrogen) atoms. The lowest BCUT2D eigenvalue weighted by atomic mass is 9.65. The van der Waals surface area contributed by atoms with Crippen LogP contribution in [-0.4, -0.2) is 6.29 Å². The topological polar surface area (TPSA) is 25.1 Å². The summed E-state index contributed by atoms with van der Waals surface area (Å²) in [4.78, 5) is 9.57. The Hall–Kier alpha value is -0.0800. The van der Waals surface area contributed by atoms with E-state index < -0.39 is 0 Å². The highest BCUT2D eigenvalue weighted by Gasteiger charge is 2.36. The number of hydrogen-bond acceptors (Lipinski definition) is 2. The second kappa shape index (κ2) is 3.82. The zero-order valence-corrected chi connectivity index (χ0v) is 10.4. The van der Waals surface area contributed by atoms with E-state index in [1.807, 2.05) is 0 Å². The van der Waals surface area contributed by atoms with Gasteiger partial charge in [-0.15, -0.1) is 0 Å². The van der Waals surface area contributed by atoms with E-state index in [1.54, 1.807) is 0 Å². The van der Waals surface area contributed by atoms with Crippen LogP contribution in [0, 0.1) is 16.7 Å². The average Bonchev–Trinajstić information content (AvgIpc) is 2.64. The summed E-state index contributed by atoms with van der Waals surface area (Å²) in [5.41, 5.74) is 0.709. The molecule has 0 saturated carbocycles. The van der Waals surface area contributed by atoms with Gasteiger partial charge in [0.15, 0.2) is 0 Å². The van der Waals surface area contributed by atoms with Crippen LogP contribution in [0.3, 0.4) is 0 Å². The summed E-state index contributed by atoms with van der Waals surface area (Å²) in [7, 11) is 0. The second-order valence-electron chi connectivity index (χ2n) is 6.48. The van der Waals surface area contributed by atoms with E-state index in [4.69, 9.17) is 9.78 Å². The first kappa shape index (κ1) is 12.0. The summed E-state index contributed by atoms with van der Waals surface area (Å²) in [5, 5.41) is 0. The second-order valence-corrected chi connectivity index (χ2v) is 6.48. The van der Waals surface area contributed by atoms with E-state index in [1.165, 1.54) is 6.42 Å². The third-order valence-corrected chi connectivity index (χ3v) is 3.01. The Morgan fingerprint density at radius 2 is 1.36 bits per heavy atom. The van der Waals surface area contributed by atoms with Gasteiger partial charge in [-0.3, -0.25) is 0 Å². The minimum absolute atomic E-state index is 0.0854. The smallest absolute Gasteiger partial charge is 0.199 e. The number of hydrogen-bond donors (Lipinski definition) is 0. The molecule has 0 amide bonds. The van der Waals surface area contributed by atoms with Crippen LogP contribution in [-0.2, 0) is 9.78 Å². The molecule has 0 unspecified atom stereocenters. The van der Waals surface area contributed by atoms with E-state index in [9.17, 15) is 0 Å². The summed E-state index contributed by atoms with van der Waals surface area (Å²) < 4.78 is 0. The van der Waals surface area contributed by atoms with Crippen molar-refractivity contribution < 1.29 is 9.78 Å². The van der Waals surface area contributed by atoms with Crippen molar-refractivity contribution in [1.29, 1.82) is 0 Å². The first-order valence-corrected chi connectivity index (χ1v) is 5.53. The van der Waals surface area contributed by atoms with Crippen molar-refractivity contribution in [3.8, 4) is 0 Å². The lowest BCUT2D eigenvalue weighted by molar-refractivity contribution is 0.0850.